The van der Waals surface area contributed by atoms with Gasteiger partial charge in [-0.05, 0) is 68.3 Å². The zero-order valence-electron chi connectivity index (χ0n) is 13.9. The molecule has 22 heavy (non-hydrogen) atoms. The molecule has 1 saturated heterocycles. The fraction of sp³-hybridized carbons (Fsp3) is 0.632. The fourth-order valence-corrected chi connectivity index (χ4v) is 3.75. The largest absolute Gasteiger partial charge is 0.316 e. The van der Waals surface area contributed by atoms with Crippen molar-refractivity contribution < 1.29 is 4.79 Å². The summed E-state index contributed by atoms with van der Waals surface area (Å²) < 4.78 is 0. The van der Waals surface area contributed by atoms with Crippen LogP contribution >= 0.6 is 0 Å². The summed E-state index contributed by atoms with van der Waals surface area (Å²) in [6.45, 7) is 7.17. The molecule has 3 nitrogen and oxygen atoms in total. The van der Waals surface area contributed by atoms with Crippen molar-refractivity contribution in [3.05, 3.63) is 29.3 Å². The van der Waals surface area contributed by atoms with Crippen LogP contribution in [0.4, 0.5) is 5.69 Å². The van der Waals surface area contributed by atoms with Crippen LogP contribution in [0.25, 0.3) is 0 Å². The number of fused-ring (bicyclic) bond motifs is 1. The Bertz CT molecular complexity index is 532. The highest BCUT2D eigenvalue weighted by Crippen LogP contribution is 2.30. The number of piperidine rings is 1. The van der Waals surface area contributed by atoms with Gasteiger partial charge in [-0.1, -0.05) is 26.0 Å². The number of carbonyl (C=O) groups is 1. The molecule has 120 valence electrons. The first-order chi connectivity index (χ1) is 10.6. The van der Waals surface area contributed by atoms with Crippen LogP contribution in [0.5, 0.6) is 0 Å². The Morgan fingerprint density at radius 3 is 2.95 bits per heavy atom. The van der Waals surface area contributed by atoms with Crippen LogP contribution in [0, 0.1) is 11.8 Å². The number of amides is 1. The normalized spacial score (nSPS) is 21.8. The van der Waals surface area contributed by atoms with E-state index < -0.39 is 0 Å². The first-order valence-corrected chi connectivity index (χ1v) is 8.79. The number of hydrogen-bond donors (Lipinski definition) is 1. The zero-order valence-corrected chi connectivity index (χ0v) is 13.9. The lowest BCUT2D eigenvalue weighted by Crippen LogP contribution is -2.38. The van der Waals surface area contributed by atoms with E-state index in [1.807, 2.05) is 18.7 Å². The summed E-state index contributed by atoms with van der Waals surface area (Å²) in [6.07, 6.45) is 5.99. The van der Waals surface area contributed by atoms with E-state index in [1.54, 1.807) is 0 Å². The molecule has 1 atom stereocenters. The second-order valence-electron chi connectivity index (χ2n) is 7.13. The number of carbonyl (C=O) groups excluding carboxylic acids is 1. The van der Waals surface area contributed by atoms with Gasteiger partial charge in [-0.25, -0.2) is 0 Å². The van der Waals surface area contributed by atoms with Gasteiger partial charge in [-0.3, -0.25) is 4.79 Å². The Balaban J connectivity index is 1.76. The molecule has 1 N–H and O–H groups in total. The second-order valence-corrected chi connectivity index (χ2v) is 7.13. The van der Waals surface area contributed by atoms with Gasteiger partial charge >= 0.3 is 0 Å². The summed E-state index contributed by atoms with van der Waals surface area (Å²) in [7, 11) is 0. The summed E-state index contributed by atoms with van der Waals surface area (Å²) in [5.74, 6) is 1.09. The number of nitrogens with zero attached hydrogens (tertiary/aromatic N) is 1. The van der Waals surface area contributed by atoms with Crippen LogP contribution in [0.3, 0.4) is 0 Å². The Labute approximate surface area is 134 Å². The molecule has 2 aliphatic rings. The van der Waals surface area contributed by atoms with E-state index in [-0.39, 0.29) is 11.8 Å². The quantitative estimate of drug-likeness (QED) is 0.930. The van der Waals surface area contributed by atoms with Gasteiger partial charge in [-0.15, -0.1) is 0 Å². The Morgan fingerprint density at radius 2 is 2.23 bits per heavy atom. The van der Waals surface area contributed by atoms with Gasteiger partial charge < -0.3 is 10.2 Å². The van der Waals surface area contributed by atoms with Crippen LogP contribution in [-0.2, 0) is 17.6 Å². The van der Waals surface area contributed by atoms with Gasteiger partial charge in [0.05, 0.1) is 0 Å². The molecule has 1 amide bonds. The maximum atomic E-state index is 12.4. The highest BCUT2D eigenvalue weighted by molar-refractivity contribution is 5.95. The molecular weight excluding hydrogens is 272 g/mol. The third-order valence-electron chi connectivity index (χ3n) is 4.95. The fourth-order valence-electron chi connectivity index (χ4n) is 3.75. The van der Waals surface area contributed by atoms with Crippen LogP contribution < -0.4 is 10.2 Å². The van der Waals surface area contributed by atoms with E-state index in [2.05, 4.69) is 23.5 Å². The third-order valence-corrected chi connectivity index (χ3v) is 4.95. The SMILES string of the molecule is CC(C)C(=O)N1CCCc2cc(CC3CCCNC3)ccc21. The van der Waals surface area contributed by atoms with Crippen molar-refractivity contribution in [3.8, 4) is 0 Å². The van der Waals surface area contributed by atoms with Crippen molar-refractivity contribution in [3.63, 3.8) is 0 Å². The smallest absolute Gasteiger partial charge is 0.229 e. The number of anilines is 1. The van der Waals surface area contributed by atoms with Crippen molar-refractivity contribution in [2.45, 2.75) is 46.0 Å². The number of aryl methyl sites for hydroxylation is 1. The van der Waals surface area contributed by atoms with E-state index in [0.29, 0.717) is 0 Å². The second kappa shape index (κ2) is 6.82. The molecule has 1 unspecified atom stereocenters. The maximum Gasteiger partial charge on any atom is 0.229 e. The molecule has 2 aliphatic heterocycles. The molecule has 3 heteroatoms. The van der Waals surface area contributed by atoms with E-state index in [4.69, 9.17) is 0 Å². The number of hydrogen-bond acceptors (Lipinski definition) is 2. The van der Waals surface area contributed by atoms with E-state index >= 15 is 0 Å². The predicted molar refractivity (Wildman–Crippen MR) is 91.3 cm³/mol. The molecule has 0 radical (unpaired) electrons. The minimum absolute atomic E-state index is 0.0685. The lowest BCUT2D eigenvalue weighted by molar-refractivity contribution is -0.121. The lowest BCUT2D eigenvalue weighted by atomic mass is 9.90. The van der Waals surface area contributed by atoms with Crippen molar-refractivity contribution in [2.75, 3.05) is 24.5 Å². The van der Waals surface area contributed by atoms with E-state index in [9.17, 15) is 4.79 Å². The molecule has 3 rings (SSSR count). The monoisotopic (exact) mass is 300 g/mol. The van der Waals surface area contributed by atoms with Crippen molar-refractivity contribution >= 4 is 11.6 Å². The molecule has 1 aromatic rings. The molecule has 0 aliphatic carbocycles. The molecular formula is C19H28N2O. The highest BCUT2D eigenvalue weighted by atomic mass is 16.2. The standard InChI is InChI=1S/C19H28N2O/c1-14(2)19(22)21-10-4-6-17-12-15(7-8-18(17)21)11-16-5-3-9-20-13-16/h7-8,12,14,16,20H,3-6,9-11,13H2,1-2H3. The minimum atomic E-state index is 0.0685. The van der Waals surface area contributed by atoms with E-state index in [0.717, 1.165) is 37.5 Å². The van der Waals surface area contributed by atoms with Gasteiger partial charge in [0.15, 0.2) is 0 Å². The van der Waals surface area contributed by atoms with Gasteiger partial charge in [0, 0.05) is 18.2 Å². The van der Waals surface area contributed by atoms with Gasteiger partial charge in [-0.2, -0.15) is 0 Å². The number of rotatable bonds is 3. The first kappa shape index (κ1) is 15.5. The lowest BCUT2D eigenvalue weighted by Gasteiger charge is -2.31. The summed E-state index contributed by atoms with van der Waals surface area (Å²) in [6, 6.07) is 6.77. The van der Waals surface area contributed by atoms with Crippen LogP contribution in [0.2, 0.25) is 0 Å². The summed E-state index contributed by atoms with van der Waals surface area (Å²) in [5, 5.41) is 3.50. The highest BCUT2D eigenvalue weighted by Gasteiger charge is 2.24. The molecule has 1 fully saturated rings. The van der Waals surface area contributed by atoms with Gasteiger partial charge in [0.25, 0.3) is 0 Å². The summed E-state index contributed by atoms with van der Waals surface area (Å²) in [5.41, 5.74) is 3.95. The summed E-state index contributed by atoms with van der Waals surface area (Å²) in [4.78, 5) is 14.4. The Morgan fingerprint density at radius 1 is 1.36 bits per heavy atom. The average molecular weight is 300 g/mol. The van der Waals surface area contributed by atoms with Crippen LogP contribution in [-0.4, -0.2) is 25.5 Å². The zero-order chi connectivity index (χ0) is 15.5. The number of benzene rings is 1. The van der Waals surface area contributed by atoms with Crippen molar-refractivity contribution in [1.29, 1.82) is 0 Å². The molecule has 0 bridgehead atoms. The summed E-state index contributed by atoms with van der Waals surface area (Å²) >= 11 is 0. The van der Waals surface area contributed by atoms with Crippen LogP contribution in [0.15, 0.2) is 18.2 Å². The van der Waals surface area contributed by atoms with Crippen LogP contribution in [0.1, 0.15) is 44.2 Å². The molecule has 2 heterocycles. The van der Waals surface area contributed by atoms with E-state index in [1.165, 1.54) is 36.9 Å². The molecule has 0 saturated carbocycles. The third kappa shape index (κ3) is 3.35. The van der Waals surface area contributed by atoms with Crippen molar-refractivity contribution in [2.24, 2.45) is 11.8 Å². The molecule has 0 spiro atoms. The molecule has 0 aromatic heterocycles. The topological polar surface area (TPSA) is 32.3 Å². The molecule has 1 aromatic carbocycles. The first-order valence-electron chi connectivity index (χ1n) is 8.79. The average Bonchev–Trinajstić information content (AvgIpc) is 2.54. The van der Waals surface area contributed by atoms with Gasteiger partial charge in [0.2, 0.25) is 5.91 Å². The Hall–Kier alpha value is -1.35. The minimum Gasteiger partial charge on any atom is -0.316 e. The van der Waals surface area contributed by atoms with Crippen molar-refractivity contribution in [1.82, 2.24) is 5.32 Å². The predicted octanol–water partition coefficient (Wildman–Crippen LogP) is 3.16. The number of nitrogens with one attached hydrogen (secondary N) is 1. The Kier molecular flexibility index (Phi) is 4.82. The van der Waals surface area contributed by atoms with Gasteiger partial charge in [0.1, 0.15) is 0 Å². The maximum absolute atomic E-state index is 12.4.